The van der Waals surface area contributed by atoms with E-state index in [1.165, 1.54) is 6.42 Å². The quantitative estimate of drug-likeness (QED) is 0.721. The van der Waals surface area contributed by atoms with Crippen LogP contribution >= 0.6 is 0 Å². The van der Waals surface area contributed by atoms with Gasteiger partial charge in [-0.3, -0.25) is 4.98 Å². The minimum absolute atomic E-state index is 0.00941. The molecule has 3 nitrogen and oxygen atoms in total. The number of hydrogen-bond donors (Lipinski definition) is 1. The molecule has 0 saturated carbocycles. The summed E-state index contributed by atoms with van der Waals surface area (Å²) in [5.74, 6) is 0.737. The van der Waals surface area contributed by atoms with Crippen LogP contribution in [0.5, 0.6) is 0 Å². The Kier molecular flexibility index (Phi) is 6.04. The van der Waals surface area contributed by atoms with Crippen LogP contribution in [-0.4, -0.2) is 18.1 Å². The molecule has 1 aromatic heterocycles. The minimum atomic E-state index is 0.00941. The first-order valence-electron chi connectivity index (χ1n) is 5.95. The summed E-state index contributed by atoms with van der Waals surface area (Å²) in [7, 11) is 0. The Bertz CT molecular complexity index is 275. The fraction of sp³-hybridized carbons (Fsp3) is 0.615. The maximum absolute atomic E-state index is 5.77. The van der Waals surface area contributed by atoms with Crippen LogP contribution in [0.1, 0.15) is 38.4 Å². The van der Waals surface area contributed by atoms with Gasteiger partial charge in [-0.15, -0.1) is 0 Å². The van der Waals surface area contributed by atoms with Crippen molar-refractivity contribution >= 4 is 0 Å². The molecule has 3 heteroatoms. The summed E-state index contributed by atoms with van der Waals surface area (Å²) >= 11 is 0. The molecule has 16 heavy (non-hydrogen) atoms. The molecule has 90 valence electrons. The first-order valence-corrected chi connectivity index (χ1v) is 5.95. The average molecular weight is 222 g/mol. The van der Waals surface area contributed by atoms with E-state index in [2.05, 4.69) is 18.8 Å². The van der Waals surface area contributed by atoms with Crippen LogP contribution < -0.4 is 5.73 Å². The van der Waals surface area contributed by atoms with Crippen molar-refractivity contribution in [3.8, 4) is 0 Å². The molecule has 1 atom stereocenters. The summed E-state index contributed by atoms with van der Waals surface area (Å²) in [6.07, 6.45) is 5.85. The Hall–Kier alpha value is -0.930. The molecular formula is C13H22N2O. The molecule has 1 aromatic rings. The topological polar surface area (TPSA) is 48.1 Å². The number of nitrogens with zero attached hydrogens (tertiary/aromatic N) is 1. The molecule has 0 aliphatic rings. The van der Waals surface area contributed by atoms with Crippen LogP contribution in [0, 0.1) is 5.92 Å². The second kappa shape index (κ2) is 7.36. The van der Waals surface area contributed by atoms with Crippen molar-refractivity contribution in [2.45, 2.75) is 32.8 Å². The molecule has 0 bridgehead atoms. The van der Waals surface area contributed by atoms with Gasteiger partial charge in [0.1, 0.15) is 0 Å². The van der Waals surface area contributed by atoms with Gasteiger partial charge in [0.15, 0.2) is 0 Å². The van der Waals surface area contributed by atoms with Gasteiger partial charge >= 0.3 is 0 Å². The van der Waals surface area contributed by atoms with Crippen molar-refractivity contribution < 1.29 is 4.74 Å². The number of pyridine rings is 1. The van der Waals surface area contributed by atoms with E-state index in [0.717, 1.165) is 24.5 Å². The van der Waals surface area contributed by atoms with E-state index in [9.17, 15) is 0 Å². The maximum Gasteiger partial charge on any atom is 0.0948 e. The highest BCUT2D eigenvalue weighted by molar-refractivity contribution is 5.13. The zero-order chi connectivity index (χ0) is 11.8. The van der Waals surface area contributed by atoms with Gasteiger partial charge in [0.05, 0.1) is 6.10 Å². The van der Waals surface area contributed by atoms with Gasteiger partial charge in [-0.25, -0.2) is 0 Å². The zero-order valence-electron chi connectivity index (χ0n) is 10.2. The molecular weight excluding hydrogens is 200 g/mol. The molecule has 0 aliphatic heterocycles. The van der Waals surface area contributed by atoms with E-state index in [0.29, 0.717) is 6.54 Å². The van der Waals surface area contributed by atoms with Gasteiger partial charge in [0.2, 0.25) is 0 Å². The van der Waals surface area contributed by atoms with Crippen molar-refractivity contribution in [2.75, 3.05) is 13.2 Å². The monoisotopic (exact) mass is 222 g/mol. The molecule has 0 saturated heterocycles. The lowest BCUT2D eigenvalue weighted by Gasteiger charge is -2.16. The Balaban J connectivity index is 2.33. The molecule has 0 amide bonds. The van der Waals surface area contributed by atoms with E-state index in [4.69, 9.17) is 10.5 Å². The lowest BCUT2D eigenvalue weighted by atomic mass is 10.1. The number of hydrogen-bond acceptors (Lipinski definition) is 3. The second-order valence-electron chi connectivity index (χ2n) is 4.41. The summed E-state index contributed by atoms with van der Waals surface area (Å²) in [6.45, 7) is 5.75. The smallest absolute Gasteiger partial charge is 0.0948 e. The molecule has 0 radical (unpaired) electrons. The van der Waals surface area contributed by atoms with Crippen LogP contribution in [0.2, 0.25) is 0 Å². The Labute approximate surface area is 98.0 Å². The van der Waals surface area contributed by atoms with E-state index in [1.54, 1.807) is 12.4 Å². The third-order valence-electron chi connectivity index (χ3n) is 2.54. The van der Waals surface area contributed by atoms with Gasteiger partial charge in [0, 0.05) is 25.5 Å². The Morgan fingerprint density at radius 1 is 1.31 bits per heavy atom. The largest absolute Gasteiger partial charge is 0.372 e. The van der Waals surface area contributed by atoms with Gasteiger partial charge in [-0.1, -0.05) is 13.8 Å². The van der Waals surface area contributed by atoms with Crippen molar-refractivity contribution in [3.05, 3.63) is 30.1 Å². The standard InChI is InChI=1S/C13H22N2O/c1-11(2)4-3-9-16-13(10-14)12-5-7-15-8-6-12/h5-8,11,13H,3-4,9-10,14H2,1-2H3. The SMILES string of the molecule is CC(C)CCCOC(CN)c1ccncc1. The number of nitrogens with two attached hydrogens (primary N) is 1. The zero-order valence-corrected chi connectivity index (χ0v) is 10.2. The molecule has 1 rings (SSSR count). The number of aromatic nitrogens is 1. The first-order chi connectivity index (χ1) is 7.74. The van der Waals surface area contributed by atoms with Crippen LogP contribution in [0.4, 0.5) is 0 Å². The van der Waals surface area contributed by atoms with Gasteiger partial charge in [0.25, 0.3) is 0 Å². The second-order valence-corrected chi connectivity index (χ2v) is 4.41. The lowest BCUT2D eigenvalue weighted by Crippen LogP contribution is -2.16. The minimum Gasteiger partial charge on any atom is -0.372 e. The molecule has 0 aromatic carbocycles. The van der Waals surface area contributed by atoms with Crippen molar-refractivity contribution in [3.63, 3.8) is 0 Å². The predicted octanol–water partition coefficient (Wildman–Crippen LogP) is 2.53. The van der Waals surface area contributed by atoms with Gasteiger partial charge < -0.3 is 10.5 Å². The molecule has 1 unspecified atom stereocenters. The average Bonchev–Trinajstić information content (AvgIpc) is 2.30. The fourth-order valence-corrected chi connectivity index (χ4v) is 1.60. The molecule has 0 fully saturated rings. The van der Waals surface area contributed by atoms with Crippen LogP contribution in [0.15, 0.2) is 24.5 Å². The van der Waals surface area contributed by atoms with Crippen LogP contribution in [-0.2, 0) is 4.74 Å². The highest BCUT2D eigenvalue weighted by Crippen LogP contribution is 2.15. The Morgan fingerprint density at radius 3 is 2.56 bits per heavy atom. The normalized spacial score (nSPS) is 13.0. The third-order valence-corrected chi connectivity index (χ3v) is 2.54. The summed E-state index contributed by atoms with van der Waals surface area (Å²) in [4.78, 5) is 3.99. The van der Waals surface area contributed by atoms with E-state index < -0.39 is 0 Å². The highest BCUT2D eigenvalue weighted by Gasteiger charge is 2.09. The summed E-state index contributed by atoms with van der Waals surface area (Å²) in [5, 5.41) is 0. The molecule has 0 spiro atoms. The van der Waals surface area contributed by atoms with Crippen molar-refractivity contribution in [1.29, 1.82) is 0 Å². The summed E-state index contributed by atoms with van der Waals surface area (Å²) < 4.78 is 5.77. The van der Waals surface area contributed by atoms with Crippen LogP contribution in [0.3, 0.4) is 0 Å². The third kappa shape index (κ3) is 4.73. The summed E-state index contributed by atoms with van der Waals surface area (Å²) in [6, 6.07) is 3.92. The predicted molar refractivity (Wildman–Crippen MR) is 66.1 cm³/mol. The fourth-order valence-electron chi connectivity index (χ4n) is 1.60. The van der Waals surface area contributed by atoms with Crippen molar-refractivity contribution in [2.24, 2.45) is 11.7 Å². The molecule has 1 heterocycles. The van der Waals surface area contributed by atoms with E-state index in [-0.39, 0.29) is 6.10 Å². The number of rotatable bonds is 7. The Morgan fingerprint density at radius 2 is 2.00 bits per heavy atom. The van der Waals surface area contributed by atoms with E-state index in [1.807, 2.05) is 12.1 Å². The van der Waals surface area contributed by atoms with Gasteiger partial charge in [-0.05, 0) is 36.5 Å². The molecule has 2 N–H and O–H groups in total. The summed E-state index contributed by atoms with van der Waals surface area (Å²) in [5.41, 5.74) is 6.81. The van der Waals surface area contributed by atoms with Crippen LogP contribution in [0.25, 0.3) is 0 Å². The van der Waals surface area contributed by atoms with Crippen molar-refractivity contribution in [1.82, 2.24) is 4.98 Å². The highest BCUT2D eigenvalue weighted by atomic mass is 16.5. The lowest BCUT2D eigenvalue weighted by molar-refractivity contribution is 0.0545. The molecule has 0 aliphatic carbocycles. The van der Waals surface area contributed by atoms with Gasteiger partial charge in [-0.2, -0.15) is 0 Å². The maximum atomic E-state index is 5.77. The van der Waals surface area contributed by atoms with E-state index >= 15 is 0 Å². The number of ether oxygens (including phenoxy) is 1. The first kappa shape index (κ1) is 13.1.